The molecule has 23 heavy (non-hydrogen) atoms. The summed E-state index contributed by atoms with van der Waals surface area (Å²) in [5, 5.41) is 0. The summed E-state index contributed by atoms with van der Waals surface area (Å²) in [6, 6.07) is 3.13. The van der Waals surface area contributed by atoms with Gasteiger partial charge in [-0.15, -0.1) is 0 Å². The summed E-state index contributed by atoms with van der Waals surface area (Å²) in [7, 11) is -2.05. The lowest BCUT2D eigenvalue weighted by atomic mass is 9.92. The number of carbonyl (C=O) groups is 1. The summed E-state index contributed by atoms with van der Waals surface area (Å²) in [6.07, 6.45) is 2.73. The Morgan fingerprint density at radius 2 is 1.96 bits per heavy atom. The van der Waals surface area contributed by atoms with E-state index in [2.05, 4.69) is 4.72 Å². The third-order valence-electron chi connectivity index (χ3n) is 4.33. The highest BCUT2D eigenvalue weighted by Crippen LogP contribution is 2.37. The van der Waals surface area contributed by atoms with Crippen LogP contribution < -0.4 is 9.62 Å². The van der Waals surface area contributed by atoms with Gasteiger partial charge in [-0.1, -0.05) is 0 Å². The number of hydrogen-bond donors (Lipinski definition) is 1. The summed E-state index contributed by atoms with van der Waals surface area (Å²) in [4.78, 5) is 14.2. The van der Waals surface area contributed by atoms with Crippen LogP contribution in [0.15, 0.2) is 17.0 Å². The van der Waals surface area contributed by atoms with Crippen molar-refractivity contribution in [3.63, 3.8) is 0 Å². The van der Waals surface area contributed by atoms with Crippen molar-refractivity contribution >= 4 is 21.6 Å². The fraction of sp³-hybridized carbons (Fsp3) is 0.562. The van der Waals surface area contributed by atoms with Crippen molar-refractivity contribution in [1.82, 2.24) is 4.72 Å². The molecular weight excluding hydrogens is 316 g/mol. The van der Waals surface area contributed by atoms with E-state index >= 15 is 0 Å². The molecule has 1 N–H and O–H groups in total. The van der Waals surface area contributed by atoms with Gasteiger partial charge in [0.2, 0.25) is 15.9 Å². The zero-order chi connectivity index (χ0) is 16.6. The monoisotopic (exact) mass is 338 g/mol. The number of nitrogens with zero attached hydrogens (tertiary/aromatic N) is 1. The van der Waals surface area contributed by atoms with Crippen LogP contribution in [0, 0.1) is 0 Å². The molecule has 0 unspecified atom stereocenters. The molecule has 0 radical (unpaired) electrons. The van der Waals surface area contributed by atoms with E-state index in [-0.39, 0.29) is 16.8 Å². The van der Waals surface area contributed by atoms with Gasteiger partial charge in [0.1, 0.15) is 0 Å². The highest BCUT2D eigenvalue weighted by Gasteiger charge is 2.31. The lowest BCUT2D eigenvalue weighted by Crippen LogP contribution is -2.40. The molecule has 1 aromatic carbocycles. The van der Waals surface area contributed by atoms with Crippen molar-refractivity contribution < 1.29 is 17.9 Å². The van der Waals surface area contributed by atoms with Crippen LogP contribution in [0.3, 0.4) is 0 Å². The summed E-state index contributed by atoms with van der Waals surface area (Å²) in [5.41, 5.74) is 2.86. The third-order valence-corrected chi connectivity index (χ3v) is 5.90. The molecule has 0 spiro atoms. The summed E-state index contributed by atoms with van der Waals surface area (Å²) >= 11 is 0. The van der Waals surface area contributed by atoms with E-state index < -0.39 is 10.0 Å². The zero-order valence-corrected chi connectivity index (χ0v) is 14.3. The first kappa shape index (κ1) is 16.4. The number of carbonyl (C=O) groups excluding carboxylic acids is 1. The fourth-order valence-electron chi connectivity index (χ4n) is 3.39. The molecule has 2 aliphatic rings. The molecule has 0 saturated carbocycles. The first-order valence-corrected chi connectivity index (χ1v) is 9.38. The Morgan fingerprint density at radius 3 is 2.65 bits per heavy atom. The van der Waals surface area contributed by atoms with Gasteiger partial charge in [-0.3, -0.25) is 4.79 Å². The largest absolute Gasteiger partial charge is 0.383 e. The first-order valence-electron chi connectivity index (χ1n) is 7.90. The average molecular weight is 338 g/mol. The van der Waals surface area contributed by atoms with E-state index in [1.54, 1.807) is 26.2 Å². The van der Waals surface area contributed by atoms with Gasteiger partial charge in [0.15, 0.2) is 0 Å². The van der Waals surface area contributed by atoms with Gasteiger partial charge in [-0.2, -0.15) is 0 Å². The summed E-state index contributed by atoms with van der Waals surface area (Å²) in [5.74, 6) is 0.140. The second-order valence-corrected chi connectivity index (χ2v) is 7.93. The number of methoxy groups -OCH3 is 1. The Labute approximate surface area is 136 Å². The highest BCUT2D eigenvalue weighted by atomic mass is 32.2. The van der Waals surface area contributed by atoms with Crippen LogP contribution in [0.2, 0.25) is 0 Å². The van der Waals surface area contributed by atoms with Crippen molar-refractivity contribution in [1.29, 1.82) is 0 Å². The molecule has 1 atom stereocenters. The molecule has 1 aromatic rings. The Morgan fingerprint density at radius 1 is 1.26 bits per heavy atom. The standard InChI is InChI=1S/C16H22N2O4S/c1-11(10-22-2)17-23(20,21)14-8-12-4-3-7-18-15(19)6-5-13(9-14)16(12)18/h8-9,11,17H,3-7,10H2,1-2H3/t11-/m1/s1. The maximum Gasteiger partial charge on any atom is 0.240 e. The van der Waals surface area contributed by atoms with Gasteiger partial charge in [-0.25, -0.2) is 13.1 Å². The van der Waals surface area contributed by atoms with Gasteiger partial charge in [0.25, 0.3) is 0 Å². The second kappa shape index (κ2) is 6.22. The molecule has 0 bridgehead atoms. The van der Waals surface area contributed by atoms with E-state index in [1.807, 2.05) is 4.90 Å². The number of amides is 1. The van der Waals surface area contributed by atoms with E-state index in [0.717, 1.165) is 36.2 Å². The number of ether oxygens (including phenoxy) is 1. The first-order chi connectivity index (χ1) is 10.9. The van der Waals surface area contributed by atoms with Crippen LogP contribution in [0.25, 0.3) is 0 Å². The SMILES string of the molecule is COC[C@@H](C)NS(=O)(=O)c1cc2c3c(c1)CCC(=O)N3CCC2. The molecule has 6 nitrogen and oxygen atoms in total. The molecule has 2 aliphatic heterocycles. The molecule has 0 aliphatic carbocycles. The van der Waals surface area contributed by atoms with Crippen molar-refractivity contribution in [2.24, 2.45) is 0 Å². The van der Waals surface area contributed by atoms with Crippen molar-refractivity contribution in [2.75, 3.05) is 25.2 Å². The smallest absolute Gasteiger partial charge is 0.240 e. The van der Waals surface area contributed by atoms with Crippen LogP contribution >= 0.6 is 0 Å². The van der Waals surface area contributed by atoms with Crippen molar-refractivity contribution in [3.05, 3.63) is 23.3 Å². The van der Waals surface area contributed by atoms with Crippen LogP contribution in [0.1, 0.15) is 30.9 Å². The van der Waals surface area contributed by atoms with Gasteiger partial charge >= 0.3 is 0 Å². The minimum Gasteiger partial charge on any atom is -0.383 e. The maximum atomic E-state index is 12.6. The summed E-state index contributed by atoms with van der Waals surface area (Å²) in [6.45, 7) is 2.82. The second-order valence-electron chi connectivity index (χ2n) is 6.22. The van der Waals surface area contributed by atoms with E-state index in [0.29, 0.717) is 19.4 Å². The Hall–Kier alpha value is -1.44. The molecule has 7 heteroatoms. The number of hydrogen-bond acceptors (Lipinski definition) is 4. The maximum absolute atomic E-state index is 12.6. The van der Waals surface area contributed by atoms with Crippen LogP contribution in [-0.2, 0) is 32.4 Å². The van der Waals surface area contributed by atoms with Gasteiger partial charge in [0.05, 0.1) is 17.2 Å². The van der Waals surface area contributed by atoms with E-state index in [9.17, 15) is 13.2 Å². The minimum atomic E-state index is -3.59. The number of rotatable bonds is 5. The fourth-order valence-corrected chi connectivity index (χ4v) is 4.72. The molecule has 3 rings (SSSR count). The van der Waals surface area contributed by atoms with E-state index in [4.69, 9.17) is 4.74 Å². The van der Waals surface area contributed by atoms with Crippen LogP contribution in [0.5, 0.6) is 0 Å². The highest BCUT2D eigenvalue weighted by molar-refractivity contribution is 7.89. The zero-order valence-electron chi connectivity index (χ0n) is 13.5. The quantitative estimate of drug-likeness (QED) is 0.876. The summed E-state index contributed by atoms with van der Waals surface area (Å²) < 4.78 is 32.8. The molecule has 126 valence electrons. The molecule has 0 fully saturated rings. The number of sulfonamides is 1. The number of anilines is 1. The number of benzene rings is 1. The van der Waals surface area contributed by atoms with Crippen molar-refractivity contribution in [3.8, 4) is 0 Å². The molecule has 1 amide bonds. The Kier molecular flexibility index (Phi) is 4.44. The van der Waals surface area contributed by atoms with Crippen LogP contribution in [0.4, 0.5) is 5.69 Å². The Balaban J connectivity index is 1.98. The molecule has 2 heterocycles. The molecular formula is C16H22N2O4S. The normalized spacial score (nSPS) is 18.7. The third kappa shape index (κ3) is 3.13. The number of aryl methyl sites for hydroxylation is 2. The Bertz CT molecular complexity index is 713. The lowest BCUT2D eigenvalue weighted by Gasteiger charge is -2.35. The predicted molar refractivity (Wildman–Crippen MR) is 87.1 cm³/mol. The minimum absolute atomic E-state index is 0.140. The van der Waals surface area contributed by atoms with Gasteiger partial charge in [-0.05, 0) is 49.4 Å². The van der Waals surface area contributed by atoms with E-state index in [1.165, 1.54) is 0 Å². The average Bonchev–Trinajstić information content (AvgIpc) is 2.50. The number of nitrogens with one attached hydrogen (secondary N) is 1. The molecule has 0 saturated heterocycles. The predicted octanol–water partition coefficient (Wildman–Crippen LogP) is 1.23. The molecule has 0 aromatic heterocycles. The van der Waals surface area contributed by atoms with Crippen LogP contribution in [-0.4, -0.2) is 40.6 Å². The van der Waals surface area contributed by atoms with Crippen molar-refractivity contribution in [2.45, 2.75) is 43.5 Å². The topological polar surface area (TPSA) is 75.7 Å². The van der Waals surface area contributed by atoms with Gasteiger partial charge in [0, 0.05) is 26.1 Å². The van der Waals surface area contributed by atoms with Gasteiger partial charge < -0.3 is 9.64 Å². The lowest BCUT2D eigenvalue weighted by molar-refractivity contribution is -0.119.